The Kier molecular flexibility index (Phi) is 5.98. The second-order valence-corrected chi connectivity index (χ2v) is 9.83. The fourth-order valence-electron chi connectivity index (χ4n) is 3.99. The Bertz CT molecular complexity index is 1470. The lowest BCUT2D eigenvalue weighted by atomic mass is 10.2. The highest BCUT2D eigenvalue weighted by molar-refractivity contribution is 7.90. The maximum absolute atomic E-state index is 13.3. The number of fused-ring (bicyclic) bond motifs is 1. The standard InChI is InChI=1S/C24H23N7O2S/c25-15-19-3-1-2-4-22(19)34(32,33)31-12-9-20-16-27-24(29-23(20)31)28-21-7-5-18(6-8-21)17-30-13-10-26-11-14-30/h1-9,12,16,26H,10-11,13-14,17H2,(H,27,28,29). The molecule has 0 bridgehead atoms. The third kappa shape index (κ3) is 4.36. The predicted molar refractivity (Wildman–Crippen MR) is 129 cm³/mol. The first-order valence-corrected chi connectivity index (χ1v) is 12.4. The van der Waals surface area contributed by atoms with Crippen LogP contribution in [0.15, 0.2) is 71.9 Å². The van der Waals surface area contributed by atoms with Crippen LogP contribution in [0.25, 0.3) is 11.0 Å². The van der Waals surface area contributed by atoms with Crippen molar-refractivity contribution in [3.63, 3.8) is 0 Å². The van der Waals surface area contributed by atoms with E-state index < -0.39 is 10.0 Å². The van der Waals surface area contributed by atoms with E-state index in [1.54, 1.807) is 24.4 Å². The van der Waals surface area contributed by atoms with E-state index >= 15 is 0 Å². The lowest BCUT2D eigenvalue weighted by Gasteiger charge is -2.27. The average molecular weight is 474 g/mol. The molecule has 0 unspecified atom stereocenters. The van der Waals surface area contributed by atoms with Crippen molar-refractivity contribution in [1.29, 1.82) is 5.26 Å². The average Bonchev–Trinajstić information content (AvgIpc) is 3.30. The molecular formula is C24H23N7O2S. The van der Waals surface area contributed by atoms with Crippen LogP contribution in [0.1, 0.15) is 11.1 Å². The van der Waals surface area contributed by atoms with E-state index in [4.69, 9.17) is 0 Å². The highest BCUT2D eigenvalue weighted by Crippen LogP contribution is 2.24. The number of rotatable bonds is 6. The summed E-state index contributed by atoms with van der Waals surface area (Å²) in [6.07, 6.45) is 3.00. The summed E-state index contributed by atoms with van der Waals surface area (Å²) in [7, 11) is -4.01. The van der Waals surface area contributed by atoms with E-state index in [-0.39, 0.29) is 22.1 Å². The third-order valence-electron chi connectivity index (χ3n) is 5.76. The Morgan fingerprint density at radius 3 is 2.59 bits per heavy atom. The maximum Gasteiger partial charge on any atom is 0.270 e. The van der Waals surface area contributed by atoms with Crippen LogP contribution >= 0.6 is 0 Å². The topological polar surface area (TPSA) is 116 Å². The second-order valence-electron chi connectivity index (χ2n) is 8.05. The third-order valence-corrected chi connectivity index (χ3v) is 7.49. The Morgan fingerprint density at radius 2 is 1.82 bits per heavy atom. The fourth-order valence-corrected chi connectivity index (χ4v) is 5.44. The molecule has 1 fully saturated rings. The number of piperazine rings is 1. The van der Waals surface area contributed by atoms with Gasteiger partial charge in [0.05, 0.1) is 5.56 Å². The van der Waals surface area contributed by atoms with Crippen LogP contribution in [0.4, 0.5) is 11.6 Å². The molecule has 1 aliphatic heterocycles. The van der Waals surface area contributed by atoms with Crippen LogP contribution in [0.3, 0.4) is 0 Å². The molecule has 5 rings (SSSR count). The van der Waals surface area contributed by atoms with E-state index in [1.807, 2.05) is 18.2 Å². The van der Waals surface area contributed by atoms with E-state index in [2.05, 4.69) is 37.6 Å². The molecule has 2 N–H and O–H groups in total. The Morgan fingerprint density at radius 1 is 1.06 bits per heavy atom. The van der Waals surface area contributed by atoms with Gasteiger partial charge in [-0.15, -0.1) is 0 Å². The summed E-state index contributed by atoms with van der Waals surface area (Å²) < 4.78 is 27.7. The summed E-state index contributed by atoms with van der Waals surface area (Å²) in [4.78, 5) is 11.1. The van der Waals surface area contributed by atoms with E-state index in [9.17, 15) is 13.7 Å². The first-order chi connectivity index (χ1) is 16.5. The Hall–Kier alpha value is -3.78. The summed E-state index contributed by atoms with van der Waals surface area (Å²) >= 11 is 0. The molecule has 0 radical (unpaired) electrons. The number of hydrogen-bond donors (Lipinski definition) is 2. The molecule has 0 amide bonds. The summed E-state index contributed by atoms with van der Waals surface area (Å²) in [5.41, 5.74) is 2.34. The lowest BCUT2D eigenvalue weighted by Crippen LogP contribution is -2.42. The van der Waals surface area contributed by atoms with Gasteiger partial charge in [-0.3, -0.25) is 4.90 Å². The van der Waals surface area contributed by atoms with Gasteiger partial charge in [0, 0.05) is 56.2 Å². The first-order valence-electron chi connectivity index (χ1n) is 10.9. The number of nitrogens with one attached hydrogen (secondary N) is 2. The second kappa shape index (κ2) is 9.23. The smallest absolute Gasteiger partial charge is 0.270 e. The maximum atomic E-state index is 13.3. The SMILES string of the molecule is N#Cc1ccccc1S(=O)(=O)n1ccc2cnc(Nc3ccc(CN4CCNCC4)cc3)nc21. The van der Waals surface area contributed by atoms with Crippen LogP contribution in [-0.4, -0.2) is 53.4 Å². The molecule has 1 saturated heterocycles. The minimum Gasteiger partial charge on any atom is -0.324 e. The molecule has 0 spiro atoms. The van der Waals surface area contributed by atoms with Gasteiger partial charge in [-0.1, -0.05) is 24.3 Å². The number of anilines is 2. The number of benzene rings is 2. The van der Waals surface area contributed by atoms with Crippen molar-refractivity contribution < 1.29 is 8.42 Å². The molecule has 0 saturated carbocycles. The monoisotopic (exact) mass is 473 g/mol. The lowest BCUT2D eigenvalue weighted by molar-refractivity contribution is 0.233. The van der Waals surface area contributed by atoms with Crippen LogP contribution in [0.2, 0.25) is 0 Å². The molecule has 10 heteroatoms. The molecule has 4 aromatic rings. The molecule has 3 heterocycles. The summed E-state index contributed by atoms with van der Waals surface area (Å²) in [5.74, 6) is 0.283. The fraction of sp³-hybridized carbons (Fsp3) is 0.208. The van der Waals surface area contributed by atoms with Gasteiger partial charge in [0.2, 0.25) is 5.95 Å². The van der Waals surface area contributed by atoms with Gasteiger partial charge in [-0.2, -0.15) is 10.2 Å². The van der Waals surface area contributed by atoms with Gasteiger partial charge in [0.25, 0.3) is 10.0 Å². The van der Waals surface area contributed by atoms with Gasteiger partial charge < -0.3 is 10.6 Å². The van der Waals surface area contributed by atoms with Crippen molar-refractivity contribution in [2.24, 2.45) is 0 Å². The van der Waals surface area contributed by atoms with Crippen molar-refractivity contribution >= 4 is 32.7 Å². The molecular weight excluding hydrogens is 450 g/mol. The largest absolute Gasteiger partial charge is 0.324 e. The first kappa shape index (κ1) is 22.0. The number of aromatic nitrogens is 3. The van der Waals surface area contributed by atoms with Crippen molar-refractivity contribution in [2.45, 2.75) is 11.4 Å². The van der Waals surface area contributed by atoms with Gasteiger partial charge in [0.15, 0.2) is 5.65 Å². The molecule has 34 heavy (non-hydrogen) atoms. The number of nitrogens with zero attached hydrogens (tertiary/aromatic N) is 5. The minimum atomic E-state index is -4.01. The zero-order chi connectivity index (χ0) is 23.5. The Labute approximate surface area is 197 Å². The van der Waals surface area contributed by atoms with Crippen molar-refractivity contribution in [2.75, 3.05) is 31.5 Å². The molecule has 0 aliphatic carbocycles. The van der Waals surface area contributed by atoms with Gasteiger partial charge in [0.1, 0.15) is 11.0 Å². The van der Waals surface area contributed by atoms with Crippen LogP contribution in [-0.2, 0) is 16.6 Å². The van der Waals surface area contributed by atoms with Gasteiger partial charge in [-0.05, 0) is 35.9 Å². The van der Waals surface area contributed by atoms with E-state index in [0.29, 0.717) is 5.39 Å². The highest BCUT2D eigenvalue weighted by Gasteiger charge is 2.23. The highest BCUT2D eigenvalue weighted by atomic mass is 32.2. The Balaban J connectivity index is 1.39. The van der Waals surface area contributed by atoms with Gasteiger partial charge in [-0.25, -0.2) is 17.4 Å². The molecule has 1 aliphatic rings. The zero-order valence-corrected chi connectivity index (χ0v) is 19.2. The summed E-state index contributed by atoms with van der Waals surface area (Å²) in [5, 5.41) is 16.4. The molecule has 172 valence electrons. The van der Waals surface area contributed by atoms with Gasteiger partial charge >= 0.3 is 0 Å². The van der Waals surface area contributed by atoms with E-state index in [0.717, 1.165) is 42.4 Å². The normalized spacial score (nSPS) is 14.7. The summed E-state index contributed by atoms with van der Waals surface area (Å²) in [6, 6.07) is 17.7. The molecule has 2 aromatic heterocycles. The quantitative estimate of drug-likeness (QED) is 0.439. The van der Waals surface area contributed by atoms with Crippen LogP contribution in [0, 0.1) is 11.3 Å². The van der Waals surface area contributed by atoms with Crippen molar-refractivity contribution in [3.8, 4) is 6.07 Å². The van der Waals surface area contributed by atoms with Crippen LogP contribution < -0.4 is 10.6 Å². The zero-order valence-electron chi connectivity index (χ0n) is 18.3. The summed E-state index contributed by atoms with van der Waals surface area (Å²) in [6.45, 7) is 5.00. The van der Waals surface area contributed by atoms with Crippen molar-refractivity contribution in [1.82, 2.24) is 24.2 Å². The predicted octanol–water partition coefficient (Wildman–Crippen LogP) is 2.69. The number of nitriles is 1. The molecule has 9 nitrogen and oxygen atoms in total. The molecule has 0 atom stereocenters. The van der Waals surface area contributed by atoms with Crippen molar-refractivity contribution in [3.05, 3.63) is 78.1 Å². The minimum absolute atomic E-state index is 0.0665. The number of hydrogen-bond acceptors (Lipinski definition) is 8. The van der Waals surface area contributed by atoms with E-state index in [1.165, 1.54) is 23.9 Å². The molecule has 2 aromatic carbocycles. The van der Waals surface area contributed by atoms with Crippen LogP contribution in [0.5, 0.6) is 0 Å².